The van der Waals surface area contributed by atoms with Gasteiger partial charge in [-0.3, -0.25) is 10.1 Å². The van der Waals surface area contributed by atoms with Crippen LogP contribution in [0.3, 0.4) is 0 Å². The molecule has 0 saturated carbocycles. The minimum Gasteiger partial charge on any atom is -0.481 e. The first-order chi connectivity index (χ1) is 11.5. The summed E-state index contributed by atoms with van der Waals surface area (Å²) in [6.07, 6.45) is 7.61. The Hall–Kier alpha value is -1.89. The van der Waals surface area contributed by atoms with Crippen LogP contribution in [0.1, 0.15) is 32.1 Å². The van der Waals surface area contributed by atoms with E-state index in [0.717, 1.165) is 19.3 Å². The molecule has 0 unspecified atom stereocenters. The minimum atomic E-state index is -0.633. The summed E-state index contributed by atoms with van der Waals surface area (Å²) in [5.41, 5.74) is 1.35. The first kappa shape index (κ1) is 18.4. The Morgan fingerprint density at radius 2 is 2.12 bits per heavy atom. The van der Waals surface area contributed by atoms with Gasteiger partial charge in [-0.1, -0.05) is 27.6 Å². The van der Waals surface area contributed by atoms with Crippen LogP contribution >= 0.6 is 15.9 Å². The van der Waals surface area contributed by atoms with Crippen LogP contribution in [0.2, 0.25) is 0 Å². The van der Waals surface area contributed by atoms with Crippen LogP contribution in [-0.2, 0) is 4.79 Å². The van der Waals surface area contributed by atoms with Crippen molar-refractivity contribution in [3.63, 3.8) is 0 Å². The molecule has 0 aromatic heterocycles. The van der Waals surface area contributed by atoms with E-state index in [4.69, 9.17) is 4.74 Å². The van der Waals surface area contributed by atoms with E-state index >= 15 is 0 Å². The zero-order chi connectivity index (χ0) is 17.4. The topological polar surface area (TPSA) is 67.4 Å². The van der Waals surface area contributed by atoms with Crippen LogP contribution in [0.25, 0.3) is 0 Å². The van der Waals surface area contributed by atoms with Crippen molar-refractivity contribution >= 4 is 27.9 Å². The summed E-state index contributed by atoms with van der Waals surface area (Å²) in [6.45, 7) is 0.0459. The summed E-state index contributed by atoms with van der Waals surface area (Å²) in [6, 6.07) is 3.67. The number of allylic oxidation sites excluding steroid dienone is 1. The van der Waals surface area contributed by atoms with Crippen molar-refractivity contribution in [1.29, 1.82) is 0 Å². The number of carbonyl (C=O) groups is 2. The molecule has 2 N–H and O–H groups in total. The van der Waals surface area contributed by atoms with E-state index in [2.05, 4.69) is 32.6 Å². The third-order valence-corrected chi connectivity index (χ3v) is 4.12. The van der Waals surface area contributed by atoms with Gasteiger partial charge in [-0.05, 0) is 50.3 Å². The number of hydrogen-bond acceptors (Lipinski definition) is 3. The van der Waals surface area contributed by atoms with Gasteiger partial charge in [0.15, 0.2) is 18.2 Å². The predicted molar refractivity (Wildman–Crippen MR) is 92.3 cm³/mol. The molecule has 1 aliphatic carbocycles. The fourth-order valence-electron chi connectivity index (χ4n) is 2.41. The normalized spacial score (nSPS) is 13.8. The molecule has 7 heteroatoms. The number of amides is 3. The highest BCUT2D eigenvalue weighted by atomic mass is 79.9. The summed E-state index contributed by atoms with van der Waals surface area (Å²) < 4.78 is 19.2. The molecule has 1 aromatic rings. The molecule has 0 heterocycles. The Labute approximate surface area is 148 Å². The van der Waals surface area contributed by atoms with Gasteiger partial charge in [-0.2, -0.15) is 0 Å². The summed E-state index contributed by atoms with van der Waals surface area (Å²) in [4.78, 5) is 23.2. The fourth-order valence-corrected chi connectivity index (χ4v) is 2.74. The van der Waals surface area contributed by atoms with Crippen LogP contribution in [0.4, 0.5) is 9.18 Å². The van der Waals surface area contributed by atoms with E-state index in [1.807, 2.05) is 0 Å². The van der Waals surface area contributed by atoms with Gasteiger partial charge in [0.2, 0.25) is 0 Å². The zero-order valence-corrected chi connectivity index (χ0v) is 14.8. The van der Waals surface area contributed by atoms with Crippen molar-refractivity contribution in [3.8, 4) is 5.75 Å². The number of urea groups is 1. The second-order valence-corrected chi connectivity index (χ2v) is 6.44. The van der Waals surface area contributed by atoms with E-state index < -0.39 is 24.4 Å². The number of nitrogens with one attached hydrogen (secondary N) is 2. The molecule has 0 spiro atoms. The van der Waals surface area contributed by atoms with Crippen LogP contribution in [-0.4, -0.2) is 25.1 Å². The average Bonchev–Trinajstić information content (AvgIpc) is 2.55. The van der Waals surface area contributed by atoms with Gasteiger partial charge in [0.25, 0.3) is 5.91 Å². The molecule has 0 bridgehead atoms. The van der Waals surface area contributed by atoms with E-state index in [9.17, 15) is 14.0 Å². The molecule has 5 nitrogen and oxygen atoms in total. The lowest BCUT2D eigenvalue weighted by molar-refractivity contribution is -0.122. The van der Waals surface area contributed by atoms with Gasteiger partial charge in [-0.25, -0.2) is 9.18 Å². The Morgan fingerprint density at radius 1 is 1.29 bits per heavy atom. The van der Waals surface area contributed by atoms with Gasteiger partial charge >= 0.3 is 6.03 Å². The smallest absolute Gasteiger partial charge is 0.321 e. The number of halogens is 2. The highest BCUT2D eigenvalue weighted by Gasteiger charge is 2.11. The van der Waals surface area contributed by atoms with E-state index in [-0.39, 0.29) is 5.75 Å². The van der Waals surface area contributed by atoms with Gasteiger partial charge in [0.05, 0.1) is 0 Å². The summed E-state index contributed by atoms with van der Waals surface area (Å²) >= 11 is 3.13. The molecular weight excluding hydrogens is 379 g/mol. The summed E-state index contributed by atoms with van der Waals surface area (Å²) in [5, 5.41) is 4.78. The van der Waals surface area contributed by atoms with Gasteiger partial charge < -0.3 is 10.1 Å². The number of imide groups is 1. The highest BCUT2D eigenvalue weighted by Crippen LogP contribution is 2.21. The Bertz CT molecular complexity index is 634. The number of ether oxygens (including phenoxy) is 1. The monoisotopic (exact) mass is 398 g/mol. The first-order valence-electron chi connectivity index (χ1n) is 7.88. The van der Waals surface area contributed by atoms with Crippen LogP contribution in [0.5, 0.6) is 5.75 Å². The molecule has 24 heavy (non-hydrogen) atoms. The second-order valence-electron chi connectivity index (χ2n) is 5.53. The Balaban J connectivity index is 1.66. The second kappa shape index (κ2) is 9.42. The quantitative estimate of drug-likeness (QED) is 0.718. The van der Waals surface area contributed by atoms with Crippen molar-refractivity contribution in [1.82, 2.24) is 10.6 Å². The van der Waals surface area contributed by atoms with Gasteiger partial charge in [-0.15, -0.1) is 0 Å². The molecule has 0 radical (unpaired) electrons. The lowest BCUT2D eigenvalue weighted by Crippen LogP contribution is -2.42. The molecule has 0 fully saturated rings. The number of rotatable bonds is 6. The largest absolute Gasteiger partial charge is 0.481 e. The van der Waals surface area contributed by atoms with E-state index in [1.165, 1.54) is 30.5 Å². The molecule has 3 amide bonds. The maximum atomic E-state index is 13.5. The van der Waals surface area contributed by atoms with Gasteiger partial charge in [0, 0.05) is 11.0 Å². The van der Waals surface area contributed by atoms with Gasteiger partial charge in [0.1, 0.15) is 0 Å². The van der Waals surface area contributed by atoms with Crippen molar-refractivity contribution in [2.24, 2.45) is 0 Å². The molecular formula is C17H20BrFN2O3. The van der Waals surface area contributed by atoms with Crippen LogP contribution < -0.4 is 15.4 Å². The van der Waals surface area contributed by atoms with E-state index in [0.29, 0.717) is 11.0 Å². The lowest BCUT2D eigenvalue weighted by Gasteiger charge is -2.13. The molecule has 0 atom stereocenters. The first-order valence-corrected chi connectivity index (χ1v) is 8.67. The lowest BCUT2D eigenvalue weighted by atomic mass is 9.97. The van der Waals surface area contributed by atoms with Crippen molar-refractivity contribution in [2.75, 3.05) is 13.2 Å². The Kier molecular flexibility index (Phi) is 7.24. The third-order valence-electron chi connectivity index (χ3n) is 3.62. The number of carbonyl (C=O) groups excluding carboxylic acids is 2. The number of benzene rings is 1. The molecule has 0 aliphatic heterocycles. The maximum Gasteiger partial charge on any atom is 0.321 e. The SMILES string of the molecule is O=C(COc1ccc(Br)cc1F)NC(=O)NCCC1=CCCCC1. The molecule has 2 rings (SSSR count). The van der Waals surface area contributed by atoms with Crippen LogP contribution in [0, 0.1) is 5.82 Å². The summed E-state index contributed by atoms with van der Waals surface area (Å²) in [5.74, 6) is -1.26. The highest BCUT2D eigenvalue weighted by molar-refractivity contribution is 9.10. The molecule has 1 aliphatic rings. The zero-order valence-electron chi connectivity index (χ0n) is 13.2. The molecule has 1 aromatic carbocycles. The predicted octanol–water partition coefficient (Wildman–Crippen LogP) is 3.68. The summed E-state index contributed by atoms with van der Waals surface area (Å²) in [7, 11) is 0. The van der Waals surface area contributed by atoms with Crippen molar-refractivity contribution in [2.45, 2.75) is 32.1 Å². The maximum absolute atomic E-state index is 13.5. The number of hydrogen-bond donors (Lipinski definition) is 2. The fraction of sp³-hybridized carbons (Fsp3) is 0.412. The van der Waals surface area contributed by atoms with Crippen LogP contribution in [0.15, 0.2) is 34.3 Å². The Morgan fingerprint density at radius 3 is 2.83 bits per heavy atom. The standard InChI is InChI=1S/C17H20BrFN2O3/c18-13-6-7-15(14(19)10-13)24-11-16(22)21-17(23)20-9-8-12-4-2-1-3-5-12/h4,6-7,10H,1-3,5,8-9,11H2,(H2,20,21,22,23). The van der Waals surface area contributed by atoms with Crippen molar-refractivity contribution in [3.05, 3.63) is 40.1 Å². The minimum absolute atomic E-state index is 0.0435. The van der Waals surface area contributed by atoms with Crippen molar-refractivity contribution < 1.29 is 18.7 Å². The average molecular weight is 399 g/mol. The molecule has 130 valence electrons. The van der Waals surface area contributed by atoms with E-state index in [1.54, 1.807) is 6.07 Å². The third kappa shape index (κ3) is 6.31. The molecule has 0 saturated heterocycles.